The monoisotopic (exact) mass is 435 g/mol. The lowest BCUT2D eigenvalue weighted by molar-refractivity contribution is -0.127. The number of piperidine rings is 1. The van der Waals surface area contributed by atoms with Crippen molar-refractivity contribution in [1.82, 2.24) is 14.6 Å². The van der Waals surface area contributed by atoms with Gasteiger partial charge in [0.2, 0.25) is 15.9 Å². The highest BCUT2D eigenvalue weighted by Crippen LogP contribution is 2.32. The first kappa shape index (κ1) is 21.9. The van der Waals surface area contributed by atoms with Gasteiger partial charge in [-0.1, -0.05) is 32.8 Å². The lowest BCUT2D eigenvalue weighted by Gasteiger charge is -2.32. The summed E-state index contributed by atoms with van der Waals surface area (Å²) < 4.78 is 27.0. The Morgan fingerprint density at radius 2 is 1.97 bits per heavy atom. The molecule has 158 valence electrons. The van der Waals surface area contributed by atoms with Gasteiger partial charge in [-0.15, -0.1) is 11.3 Å². The molecule has 8 heteroatoms. The lowest BCUT2D eigenvalue weighted by atomic mass is 9.91. The molecular formula is C21H29N3O3S2. The van der Waals surface area contributed by atoms with E-state index in [9.17, 15) is 13.2 Å². The Hall–Kier alpha value is -1.77. The Morgan fingerprint density at radius 3 is 2.52 bits per heavy atom. The molecule has 2 aromatic heterocycles. The SMILES string of the molecule is CCC(CC)C(NC(=O)C1CCN(S(=O)(=O)c2cccnc2)CC1)c1cccs1. The minimum atomic E-state index is -3.55. The summed E-state index contributed by atoms with van der Waals surface area (Å²) in [7, 11) is -3.55. The second kappa shape index (κ2) is 9.82. The predicted molar refractivity (Wildman–Crippen MR) is 115 cm³/mol. The summed E-state index contributed by atoms with van der Waals surface area (Å²) in [6, 6.07) is 7.30. The number of carbonyl (C=O) groups is 1. The molecule has 1 atom stereocenters. The van der Waals surface area contributed by atoms with Gasteiger partial charge < -0.3 is 5.32 Å². The maximum Gasteiger partial charge on any atom is 0.244 e. The number of hydrogen-bond donors (Lipinski definition) is 1. The van der Waals surface area contributed by atoms with E-state index in [1.165, 1.54) is 15.4 Å². The van der Waals surface area contributed by atoms with Crippen LogP contribution in [-0.4, -0.2) is 36.7 Å². The zero-order valence-electron chi connectivity index (χ0n) is 17.0. The molecule has 0 radical (unpaired) electrons. The number of nitrogens with one attached hydrogen (secondary N) is 1. The quantitative estimate of drug-likeness (QED) is 0.683. The molecule has 1 amide bonds. The molecule has 3 heterocycles. The topological polar surface area (TPSA) is 79.4 Å². The first-order chi connectivity index (χ1) is 14.0. The van der Waals surface area contributed by atoms with Crippen LogP contribution >= 0.6 is 11.3 Å². The zero-order valence-corrected chi connectivity index (χ0v) is 18.6. The Balaban J connectivity index is 1.63. The van der Waals surface area contributed by atoms with E-state index in [1.54, 1.807) is 29.7 Å². The van der Waals surface area contributed by atoms with Crippen molar-refractivity contribution in [1.29, 1.82) is 0 Å². The van der Waals surface area contributed by atoms with Gasteiger partial charge in [-0.25, -0.2) is 8.42 Å². The van der Waals surface area contributed by atoms with Gasteiger partial charge in [-0.2, -0.15) is 4.31 Å². The second-order valence-corrected chi connectivity index (χ2v) is 10.4. The van der Waals surface area contributed by atoms with Crippen LogP contribution < -0.4 is 5.32 Å². The van der Waals surface area contributed by atoms with Gasteiger partial charge in [0.1, 0.15) is 4.90 Å². The molecule has 0 aromatic carbocycles. The largest absolute Gasteiger partial charge is 0.348 e. The molecule has 1 saturated heterocycles. The van der Waals surface area contributed by atoms with Crippen LogP contribution in [0.3, 0.4) is 0 Å². The zero-order chi connectivity index (χ0) is 20.9. The van der Waals surface area contributed by atoms with Crippen molar-refractivity contribution < 1.29 is 13.2 Å². The van der Waals surface area contributed by atoms with Crippen molar-refractivity contribution in [2.24, 2.45) is 11.8 Å². The third kappa shape index (κ3) is 5.05. The van der Waals surface area contributed by atoms with Crippen LogP contribution in [0.25, 0.3) is 0 Å². The van der Waals surface area contributed by atoms with Gasteiger partial charge in [0.15, 0.2) is 0 Å². The van der Waals surface area contributed by atoms with Gasteiger partial charge in [0.05, 0.1) is 6.04 Å². The minimum Gasteiger partial charge on any atom is -0.348 e. The van der Waals surface area contributed by atoms with Crippen LogP contribution in [-0.2, 0) is 14.8 Å². The van der Waals surface area contributed by atoms with Crippen LogP contribution in [0.2, 0.25) is 0 Å². The highest BCUT2D eigenvalue weighted by atomic mass is 32.2. The summed E-state index contributed by atoms with van der Waals surface area (Å²) in [5, 5.41) is 5.31. The van der Waals surface area contributed by atoms with Crippen molar-refractivity contribution in [3.63, 3.8) is 0 Å². The molecule has 3 rings (SSSR count). The van der Waals surface area contributed by atoms with Crippen molar-refractivity contribution in [3.8, 4) is 0 Å². The molecule has 1 aliphatic heterocycles. The normalized spacial score (nSPS) is 17.3. The Bertz CT molecular complexity index is 873. The first-order valence-electron chi connectivity index (χ1n) is 10.2. The van der Waals surface area contributed by atoms with Crippen LogP contribution in [0.1, 0.15) is 50.4 Å². The van der Waals surface area contributed by atoms with Crippen LogP contribution in [0.4, 0.5) is 0 Å². The number of pyridine rings is 1. The van der Waals surface area contributed by atoms with E-state index in [0.717, 1.165) is 12.8 Å². The Kier molecular flexibility index (Phi) is 7.43. The summed E-state index contributed by atoms with van der Waals surface area (Å²) in [5.74, 6) is 0.268. The van der Waals surface area contributed by atoms with Gasteiger partial charge in [0.25, 0.3) is 0 Å². The fraction of sp³-hybridized carbons (Fsp3) is 0.524. The number of rotatable bonds is 8. The van der Waals surface area contributed by atoms with E-state index < -0.39 is 10.0 Å². The number of hydrogen-bond acceptors (Lipinski definition) is 5. The van der Waals surface area contributed by atoms with Gasteiger partial charge in [-0.3, -0.25) is 9.78 Å². The van der Waals surface area contributed by atoms with Gasteiger partial charge >= 0.3 is 0 Å². The first-order valence-corrected chi connectivity index (χ1v) is 12.5. The molecule has 0 bridgehead atoms. The number of amides is 1. The molecule has 2 aromatic rings. The Labute approximate surface area is 177 Å². The summed E-state index contributed by atoms with van der Waals surface area (Å²) >= 11 is 1.67. The van der Waals surface area contributed by atoms with Crippen LogP contribution in [0.5, 0.6) is 0 Å². The summed E-state index contributed by atoms with van der Waals surface area (Å²) in [4.78, 5) is 18.3. The molecule has 0 aliphatic carbocycles. The highest BCUT2D eigenvalue weighted by molar-refractivity contribution is 7.89. The molecule has 1 fully saturated rings. The smallest absolute Gasteiger partial charge is 0.244 e. The summed E-state index contributed by atoms with van der Waals surface area (Å²) in [5.41, 5.74) is 0. The van der Waals surface area contributed by atoms with Crippen LogP contribution in [0, 0.1) is 11.8 Å². The fourth-order valence-corrected chi connectivity index (χ4v) is 6.23. The van der Waals surface area contributed by atoms with Crippen molar-refractivity contribution in [3.05, 3.63) is 46.9 Å². The van der Waals surface area contributed by atoms with E-state index in [-0.39, 0.29) is 22.8 Å². The number of nitrogens with zero attached hydrogens (tertiary/aromatic N) is 2. The third-order valence-electron chi connectivity index (χ3n) is 5.76. The van der Waals surface area contributed by atoms with Crippen LogP contribution in [0.15, 0.2) is 46.9 Å². The van der Waals surface area contributed by atoms with E-state index in [0.29, 0.717) is 31.8 Å². The molecule has 29 heavy (non-hydrogen) atoms. The standard InChI is InChI=1S/C21H29N3O3S2/c1-3-16(4-2)20(19-8-6-14-28-19)23-21(25)17-9-12-24(13-10-17)29(26,27)18-7-5-11-22-15-18/h5-8,11,14-17,20H,3-4,9-10,12-13H2,1-2H3,(H,23,25). The summed E-state index contributed by atoms with van der Waals surface area (Å²) in [6.45, 7) is 5.01. The number of sulfonamides is 1. The number of aromatic nitrogens is 1. The van der Waals surface area contributed by atoms with E-state index in [2.05, 4.69) is 30.2 Å². The average molecular weight is 436 g/mol. The molecule has 0 spiro atoms. The molecular weight excluding hydrogens is 406 g/mol. The van der Waals surface area contributed by atoms with Gasteiger partial charge in [0, 0.05) is 36.3 Å². The number of thiophene rings is 1. The number of carbonyl (C=O) groups excluding carboxylic acids is 1. The van der Waals surface area contributed by atoms with E-state index >= 15 is 0 Å². The van der Waals surface area contributed by atoms with Crippen molar-refractivity contribution >= 4 is 27.3 Å². The average Bonchev–Trinajstić information content (AvgIpc) is 3.29. The van der Waals surface area contributed by atoms with Crippen molar-refractivity contribution in [2.45, 2.75) is 50.5 Å². The summed E-state index contributed by atoms with van der Waals surface area (Å²) in [6.07, 6.45) is 5.99. The molecule has 6 nitrogen and oxygen atoms in total. The fourth-order valence-electron chi connectivity index (χ4n) is 3.93. The predicted octanol–water partition coefficient (Wildman–Crippen LogP) is 3.84. The molecule has 1 aliphatic rings. The molecule has 0 saturated carbocycles. The molecule has 1 unspecified atom stereocenters. The van der Waals surface area contributed by atoms with E-state index in [4.69, 9.17) is 0 Å². The maximum atomic E-state index is 13.0. The Morgan fingerprint density at radius 1 is 1.24 bits per heavy atom. The minimum absolute atomic E-state index is 0.0228. The third-order valence-corrected chi connectivity index (χ3v) is 8.60. The second-order valence-electron chi connectivity index (χ2n) is 7.45. The molecule has 1 N–H and O–H groups in total. The van der Waals surface area contributed by atoms with E-state index in [1.807, 2.05) is 11.4 Å². The van der Waals surface area contributed by atoms with Crippen molar-refractivity contribution in [2.75, 3.05) is 13.1 Å². The highest BCUT2D eigenvalue weighted by Gasteiger charge is 2.33. The lowest BCUT2D eigenvalue weighted by Crippen LogP contribution is -2.44. The van der Waals surface area contributed by atoms with Gasteiger partial charge in [-0.05, 0) is 42.3 Å². The maximum absolute atomic E-state index is 13.0.